The van der Waals surface area contributed by atoms with Gasteiger partial charge in [0.15, 0.2) is 0 Å². The Morgan fingerprint density at radius 3 is 3.00 bits per heavy atom. The van der Waals surface area contributed by atoms with Gasteiger partial charge in [0.1, 0.15) is 6.04 Å². The Morgan fingerprint density at radius 1 is 1.41 bits per heavy atom. The van der Waals surface area contributed by atoms with E-state index in [0.717, 1.165) is 36.7 Å². The van der Waals surface area contributed by atoms with Crippen molar-refractivity contribution in [3.8, 4) is 0 Å². The number of aliphatic hydroxyl groups excluding tert-OH is 1. The van der Waals surface area contributed by atoms with Crippen molar-refractivity contribution in [1.29, 1.82) is 0 Å². The van der Waals surface area contributed by atoms with Crippen molar-refractivity contribution >= 4 is 16.9 Å². The van der Waals surface area contributed by atoms with Gasteiger partial charge in [0.25, 0.3) is 0 Å². The second kappa shape index (κ2) is 6.48. The number of hydrogen-bond donors (Lipinski definition) is 2. The molecule has 0 saturated heterocycles. The van der Waals surface area contributed by atoms with Crippen LogP contribution in [0.5, 0.6) is 0 Å². The molecule has 22 heavy (non-hydrogen) atoms. The molecule has 1 amide bonds. The number of carbonyl (C=O) groups is 1. The Labute approximate surface area is 130 Å². The Bertz CT molecular complexity index is 652. The van der Waals surface area contributed by atoms with Crippen molar-refractivity contribution in [1.82, 2.24) is 14.9 Å². The number of imidazole rings is 1. The molecule has 0 bridgehead atoms. The molecule has 2 aromatic rings. The highest BCUT2D eigenvalue weighted by Gasteiger charge is 2.28. The molecular formula is C17H23N3O2. The molecule has 5 nitrogen and oxygen atoms in total. The molecule has 0 radical (unpaired) electrons. The molecule has 3 atom stereocenters. The lowest BCUT2D eigenvalue weighted by Crippen LogP contribution is -2.45. The topological polar surface area (TPSA) is 67.2 Å². The first-order valence-corrected chi connectivity index (χ1v) is 8.03. The zero-order valence-corrected chi connectivity index (χ0v) is 12.9. The number of hydrogen-bond acceptors (Lipinski definition) is 3. The molecule has 0 spiro atoms. The second-order valence-electron chi connectivity index (χ2n) is 6.16. The van der Waals surface area contributed by atoms with Gasteiger partial charge in [-0.05, 0) is 31.9 Å². The van der Waals surface area contributed by atoms with Crippen LogP contribution in [0, 0.1) is 5.92 Å². The van der Waals surface area contributed by atoms with Crippen molar-refractivity contribution in [2.45, 2.75) is 44.7 Å². The summed E-state index contributed by atoms with van der Waals surface area (Å²) >= 11 is 0. The number of benzene rings is 1. The van der Waals surface area contributed by atoms with Gasteiger partial charge in [0, 0.05) is 18.6 Å². The smallest absolute Gasteiger partial charge is 0.243 e. The minimum Gasteiger partial charge on any atom is -0.396 e. The standard InChI is InChI=1S/C17H23N3O2/c1-12(20-11-18-15-8-4-5-9-16(15)20)17(22)19-14-7-3-2-6-13(14)10-21/h4-5,8-9,11-14,21H,2-3,6-7,10H2,1H3,(H,19,22). The summed E-state index contributed by atoms with van der Waals surface area (Å²) in [6.45, 7) is 2.04. The van der Waals surface area contributed by atoms with Crippen LogP contribution in [0.15, 0.2) is 30.6 Å². The Hall–Kier alpha value is -1.88. The first kappa shape index (κ1) is 15.0. The summed E-state index contributed by atoms with van der Waals surface area (Å²) in [5.74, 6) is 0.179. The van der Waals surface area contributed by atoms with Gasteiger partial charge in [-0.2, -0.15) is 0 Å². The average molecular weight is 301 g/mol. The van der Waals surface area contributed by atoms with E-state index >= 15 is 0 Å². The van der Waals surface area contributed by atoms with Gasteiger partial charge in [0.05, 0.1) is 17.4 Å². The van der Waals surface area contributed by atoms with Gasteiger partial charge in [-0.15, -0.1) is 0 Å². The van der Waals surface area contributed by atoms with E-state index in [4.69, 9.17) is 0 Å². The zero-order chi connectivity index (χ0) is 15.5. The molecule has 1 fully saturated rings. The second-order valence-corrected chi connectivity index (χ2v) is 6.16. The van der Waals surface area contributed by atoms with E-state index in [2.05, 4.69) is 10.3 Å². The van der Waals surface area contributed by atoms with Gasteiger partial charge < -0.3 is 15.0 Å². The Kier molecular flexibility index (Phi) is 4.43. The number of aliphatic hydroxyl groups is 1. The Morgan fingerprint density at radius 2 is 2.18 bits per heavy atom. The highest BCUT2D eigenvalue weighted by atomic mass is 16.3. The molecule has 1 saturated carbocycles. The lowest BCUT2D eigenvalue weighted by molar-refractivity contribution is -0.125. The summed E-state index contributed by atoms with van der Waals surface area (Å²) in [4.78, 5) is 16.9. The van der Waals surface area contributed by atoms with E-state index in [9.17, 15) is 9.90 Å². The molecule has 1 aromatic heterocycles. The van der Waals surface area contributed by atoms with Crippen molar-refractivity contribution in [3.05, 3.63) is 30.6 Å². The van der Waals surface area contributed by atoms with E-state index in [0.29, 0.717) is 0 Å². The molecule has 1 aliphatic carbocycles. The number of aromatic nitrogens is 2. The van der Waals surface area contributed by atoms with E-state index in [1.165, 1.54) is 0 Å². The summed E-state index contributed by atoms with van der Waals surface area (Å²) in [5.41, 5.74) is 1.86. The van der Waals surface area contributed by atoms with E-state index in [-0.39, 0.29) is 30.5 Å². The number of nitrogens with one attached hydrogen (secondary N) is 1. The SMILES string of the molecule is CC(C(=O)NC1CCCCC1CO)n1cnc2ccccc21. The largest absolute Gasteiger partial charge is 0.396 e. The van der Waals surface area contributed by atoms with Gasteiger partial charge >= 0.3 is 0 Å². The van der Waals surface area contributed by atoms with Crippen LogP contribution >= 0.6 is 0 Å². The number of nitrogens with zero attached hydrogens (tertiary/aromatic N) is 2. The first-order chi connectivity index (χ1) is 10.7. The number of carbonyl (C=O) groups excluding carboxylic acids is 1. The highest BCUT2D eigenvalue weighted by Crippen LogP contribution is 2.25. The molecule has 118 valence electrons. The number of amides is 1. The van der Waals surface area contributed by atoms with Crippen LogP contribution in [-0.2, 0) is 4.79 Å². The fraction of sp³-hybridized carbons (Fsp3) is 0.529. The van der Waals surface area contributed by atoms with Crippen molar-refractivity contribution in [3.63, 3.8) is 0 Å². The predicted octanol–water partition coefficient (Wildman–Crippen LogP) is 2.26. The maximum absolute atomic E-state index is 12.6. The van der Waals surface area contributed by atoms with Gasteiger partial charge in [0.2, 0.25) is 5.91 Å². The third-order valence-electron chi connectivity index (χ3n) is 4.75. The van der Waals surface area contributed by atoms with Crippen molar-refractivity contribution in [2.24, 2.45) is 5.92 Å². The van der Waals surface area contributed by atoms with E-state index in [1.54, 1.807) is 6.33 Å². The van der Waals surface area contributed by atoms with Crippen LogP contribution in [0.3, 0.4) is 0 Å². The summed E-state index contributed by atoms with van der Waals surface area (Å²) in [6, 6.07) is 7.59. The molecule has 5 heteroatoms. The Balaban J connectivity index is 1.74. The quantitative estimate of drug-likeness (QED) is 0.910. The van der Waals surface area contributed by atoms with Crippen LogP contribution in [-0.4, -0.2) is 33.2 Å². The third kappa shape index (κ3) is 2.86. The maximum Gasteiger partial charge on any atom is 0.243 e. The molecule has 2 N–H and O–H groups in total. The monoisotopic (exact) mass is 301 g/mol. The van der Waals surface area contributed by atoms with Crippen LogP contribution in [0.1, 0.15) is 38.6 Å². The average Bonchev–Trinajstić information content (AvgIpc) is 2.98. The fourth-order valence-electron chi connectivity index (χ4n) is 3.33. The van der Waals surface area contributed by atoms with Gasteiger partial charge in [-0.1, -0.05) is 25.0 Å². The maximum atomic E-state index is 12.6. The lowest BCUT2D eigenvalue weighted by atomic mass is 9.85. The molecule has 1 heterocycles. The fourth-order valence-corrected chi connectivity index (χ4v) is 3.33. The summed E-state index contributed by atoms with van der Waals surface area (Å²) < 4.78 is 1.90. The molecule has 0 aliphatic heterocycles. The van der Waals surface area contributed by atoms with Crippen LogP contribution in [0.2, 0.25) is 0 Å². The van der Waals surface area contributed by atoms with Crippen LogP contribution in [0.25, 0.3) is 11.0 Å². The third-order valence-corrected chi connectivity index (χ3v) is 4.75. The molecule has 3 rings (SSSR count). The van der Waals surface area contributed by atoms with Crippen molar-refractivity contribution < 1.29 is 9.90 Å². The highest BCUT2D eigenvalue weighted by molar-refractivity contribution is 5.83. The molecule has 1 aromatic carbocycles. The zero-order valence-electron chi connectivity index (χ0n) is 12.9. The van der Waals surface area contributed by atoms with E-state index < -0.39 is 0 Å². The van der Waals surface area contributed by atoms with E-state index in [1.807, 2.05) is 35.8 Å². The minimum atomic E-state index is -0.311. The summed E-state index contributed by atoms with van der Waals surface area (Å²) in [5, 5.41) is 12.6. The molecular weight excluding hydrogens is 278 g/mol. The summed E-state index contributed by atoms with van der Waals surface area (Å²) in [6.07, 6.45) is 5.92. The van der Waals surface area contributed by atoms with Gasteiger partial charge in [-0.3, -0.25) is 4.79 Å². The number of fused-ring (bicyclic) bond motifs is 1. The van der Waals surface area contributed by atoms with Gasteiger partial charge in [-0.25, -0.2) is 4.98 Å². The first-order valence-electron chi connectivity index (χ1n) is 8.03. The molecule has 3 unspecified atom stereocenters. The predicted molar refractivity (Wildman–Crippen MR) is 85.4 cm³/mol. The van der Waals surface area contributed by atoms with Crippen molar-refractivity contribution in [2.75, 3.05) is 6.61 Å². The van der Waals surface area contributed by atoms with Crippen LogP contribution < -0.4 is 5.32 Å². The molecule has 1 aliphatic rings. The lowest BCUT2D eigenvalue weighted by Gasteiger charge is -2.31. The van der Waals surface area contributed by atoms with Crippen LogP contribution in [0.4, 0.5) is 0 Å². The number of rotatable bonds is 4. The summed E-state index contributed by atoms with van der Waals surface area (Å²) in [7, 11) is 0. The normalized spacial score (nSPS) is 23.4. The minimum absolute atomic E-state index is 0.00602. The number of para-hydroxylation sites is 2.